The molecule has 2 aromatic carbocycles. The van der Waals surface area contributed by atoms with Crippen molar-refractivity contribution in [3.63, 3.8) is 0 Å². The molecule has 12 heteroatoms. The van der Waals surface area contributed by atoms with Gasteiger partial charge in [0.2, 0.25) is 0 Å². The minimum Gasteiger partial charge on any atom is -1.00 e. The summed E-state index contributed by atoms with van der Waals surface area (Å²) < 4.78 is 101. The van der Waals surface area contributed by atoms with Crippen LogP contribution in [-0.4, -0.2) is 25.3 Å². The zero-order chi connectivity index (χ0) is 32.6. The molecule has 2 rings (SSSR count). The van der Waals surface area contributed by atoms with Crippen LogP contribution in [0.4, 0.5) is 26.3 Å². The minimum atomic E-state index is -5.16. The van der Waals surface area contributed by atoms with Gasteiger partial charge in [0.25, 0.3) is 0 Å². The average molecular weight is 659 g/mol. The largest absolute Gasteiger partial charge is 1.00 e. The summed E-state index contributed by atoms with van der Waals surface area (Å²) in [5.74, 6) is 0.739. The number of hydrogen-bond donors (Lipinski definition) is 0. The van der Waals surface area contributed by atoms with E-state index in [1.54, 1.807) is 12.1 Å². The molecule has 0 saturated heterocycles. The number of carbonyl (C=O) groups is 1. The van der Waals surface area contributed by atoms with E-state index in [4.69, 9.17) is 14.2 Å². The fourth-order valence-corrected chi connectivity index (χ4v) is 5.74. The molecule has 0 amide bonds. The van der Waals surface area contributed by atoms with E-state index < -0.39 is 43.1 Å². The summed E-state index contributed by atoms with van der Waals surface area (Å²) >= 11 is 0. The van der Waals surface area contributed by atoms with Gasteiger partial charge in [-0.05, 0) is 40.0 Å². The molecule has 0 aliphatic rings. The van der Waals surface area contributed by atoms with Crippen LogP contribution in [-0.2, 0) is 12.4 Å². The molecule has 0 radical (unpaired) electrons. The molecule has 0 saturated carbocycles. The Hall–Kier alpha value is -1.88. The molecule has 250 valence electrons. The molecule has 0 heterocycles. The van der Waals surface area contributed by atoms with Crippen molar-refractivity contribution in [1.29, 1.82) is 0 Å². The second-order valence-corrected chi connectivity index (χ2v) is 11.9. The Morgan fingerprint density at radius 1 is 0.667 bits per heavy atom. The predicted molar refractivity (Wildman–Crippen MR) is 165 cm³/mol. The van der Waals surface area contributed by atoms with Crippen LogP contribution < -0.4 is 38.4 Å². The summed E-state index contributed by atoms with van der Waals surface area (Å²) in [5.41, 5.74) is -5.95. The molecule has 2 aromatic rings. The van der Waals surface area contributed by atoms with Crippen molar-refractivity contribution in [2.75, 3.05) is 19.8 Å². The van der Waals surface area contributed by atoms with Crippen LogP contribution in [0.25, 0.3) is 0 Å². The van der Waals surface area contributed by atoms with Gasteiger partial charge in [-0.15, -0.1) is 0 Å². The summed E-state index contributed by atoms with van der Waals surface area (Å²) in [6, 6.07) is 4.77. The number of carbonyl (C=O) groups excluding carboxylic acids is 1. The first-order valence-electron chi connectivity index (χ1n) is 15.6. The topological polar surface area (TPSA) is 44.8 Å². The van der Waals surface area contributed by atoms with Crippen LogP contribution in [0.2, 0.25) is 0 Å². The maximum Gasteiger partial charge on any atom is 1.00 e. The first-order valence-corrected chi connectivity index (χ1v) is 16.6. The first kappa shape index (κ1) is 41.1. The van der Waals surface area contributed by atoms with Crippen molar-refractivity contribution < 1.29 is 65.6 Å². The molecular weight excluding hydrogens is 612 g/mol. The Labute approximate surface area is 278 Å². The molecule has 0 spiro atoms. The van der Waals surface area contributed by atoms with Crippen LogP contribution >= 0.6 is 8.58 Å². The van der Waals surface area contributed by atoms with Crippen LogP contribution in [0.5, 0.6) is 17.2 Å². The van der Waals surface area contributed by atoms with E-state index in [0.717, 1.165) is 64.2 Å². The molecule has 0 fully saturated rings. The zero-order valence-electron chi connectivity index (χ0n) is 27.9. The van der Waals surface area contributed by atoms with Crippen molar-refractivity contribution in [1.82, 2.24) is 0 Å². The standard InChI is InChI=1S/C33H45F6O4P.Li.H/c1-4-7-10-13-19-41-24-22-27(42-20-14-11-8-5-2)30(28(23-24)43-21-15-12-9-6-3)44-31(40)29-25(32(34,35)36)17-16-18-26(29)33(37,38)39;;/h16-18,22-23,44H,4-15,19-21H2,1-3H3;;/q;+1;-1. The summed E-state index contributed by atoms with van der Waals surface area (Å²) in [5, 5.41) is 0.129. The summed E-state index contributed by atoms with van der Waals surface area (Å²) in [6.45, 7) is 7.15. The van der Waals surface area contributed by atoms with Gasteiger partial charge in [-0.3, -0.25) is 4.79 Å². The van der Waals surface area contributed by atoms with Crippen molar-refractivity contribution in [3.05, 3.63) is 47.0 Å². The van der Waals surface area contributed by atoms with Gasteiger partial charge in [-0.1, -0.05) is 84.6 Å². The van der Waals surface area contributed by atoms with E-state index in [-0.39, 0.29) is 50.3 Å². The second-order valence-electron chi connectivity index (χ2n) is 10.7. The molecule has 0 aliphatic heterocycles. The van der Waals surface area contributed by atoms with Gasteiger partial charge >= 0.3 is 31.2 Å². The van der Waals surface area contributed by atoms with Gasteiger partial charge in [0.05, 0.1) is 36.3 Å². The van der Waals surface area contributed by atoms with E-state index in [1.165, 1.54) is 0 Å². The molecule has 0 bridgehead atoms. The van der Waals surface area contributed by atoms with Crippen LogP contribution in [0.15, 0.2) is 30.3 Å². The smallest absolute Gasteiger partial charge is 1.00 e. The van der Waals surface area contributed by atoms with Gasteiger partial charge in [-0.25, -0.2) is 0 Å². The quantitative estimate of drug-likeness (QED) is 0.0593. The Balaban J connectivity index is 0.0000101. The van der Waals surface area contributed by atoms with Crippen molar-refractivity contribution in [2.45, 2.75) is 110 Å². The molecule has 1 atom stereocenters. The average Bonchev–Trinajstić information content (AvgIpc) is 2.96. The third kappa shape index (κ3) is 14.2. The predicted octanol–water partition coefficient (Wildman–Crippen LogP) is 7.86. The van der Waals surface area contributed by atoms with Crippen molar-refractivity contribution in [2.24, 2.45) is 0 Å². The maximum absolute atomic E-state index is 13.9. The van der Waals surface area contributed by atoms with E-state index in [1.807, 2.05) is 0 Å². The Morgan fingerprint density at radius 3 is 1.44 bits per heavy atom. The van der Waals surface area contributed by atoms with Gasteiger partial charge < -0.3 is 15.6 Å². The summed E-state index contributed by atoms with van der Waals surface area (Å²) in [6.07, 6.45) is 0.692. The van der Waals surface area contributed by atoms with E-state index in [9.17, 15) is 31.1 Å². The Bertz CT molecular complexity index is 1100. The van der Waals surface area contributed by atoms with Crippen molar-refractivity contribution in [3.8, 4) is 17.2 Å². The van der Waals surface area contributed by atoms with Crippen LogP contribution in [0.1, 0.15) is 121 Å². The number of hydrogen-bond acceptors (Lipinski definition) is 4. The third-order valence-corrected chi connectivity index (χ3v) is 8.18. The van der Waals surface area contributed by atoms with Gasteiger partial charge in [0.1, 0.15) is 17.2 Å². The third-order valence-electron chi connectivity index (χ3n) is 6.96. The van der Waals surface area contributed by atoms with Gasteiger partial charge in [-0.2, -0.15) is 26.3 Å². The first-order chi connectivity index (χ1) is 20.9. The SMILES string of the molecule is CCCCCCOc1cc(OCCCCCC)c(PC(=O)c2c(C(F)(F)F)cccc2C(F)(F)F)c(OCCCCCC)c1.[H-].[Li+]. The number of ether oxygens (including phenoxy) is 3. The second kappa shape index (κ2) is 21.1. The number of unbranched alkanes of at least 4 members (excludes halogenated alkanes) is 9. The maximum atomic E-state index is 13.9. The van der Waals surface area contributed by atoms with Gasteiger partial charge in [0, 0.05) is 17.7 Å². The molecule has 4 nitrogen and oxygen atoms in total. The molecule has 0 aromatic heterocycles. The normalized spacial score (nSPS) is 11.9. The molecular formula is C33H46F6LiO4P. The monoisotopic (exact) mass is 658 g/mol. The van der Waals surface area contributed by atoms with E-state index in [0.29, 0.717) is 43.4 Å². The molecule has 0 aliphatic carbocycles. The van der Waals surface area contributed by atoms with Crippen LogP contribution in [0.3, 0.4) is 0 Å². The molecule has 45 heavy (non-hydrogen) atoms. The molecule has 1 unspecified atom stereocenters. The van der Waals surface area contributed by atoms with E-state index in [2.05, 4.69) is 20.8 Å². The summed E-state index contributed by atoms with van der Waals surface area (Å²) in [7, 11) is -1.12. The van der Waals surface area contributed by atoms with Crippen LogP contribution in [0, 0.1) is 0 Å². The van der Waals surface area contributed by atoms with E-state index >= 15 is 0 Å². The number of benzene rings is 2. The molecule has 0 N–H and O–H groups in total. The fraction of sp³-hybridized carbons (Fsp3) is 0.606. The van der Waals surface area contributed by atoms with Crippen molar-refractivity contribution >= 4 is 19.4 Å². The zero-order valence-corrected chi connectivity index (χ0v) is 27.9. The minimum absolute atomic E-state index is 0. The summed E-state index contributed by atoms with van der Waals surface area (Å²) in [4.78, 5) is 13.5. The number of rotatable bonds is 21. The number of alkyl halides is 6. The van der Waals surface area contributed by atoms with Gasteiger partial charge in [0.15, 0.2) is 5.52 Å². The number of halogens is 6. The fourth-order valence-electron chi connectivity index (χ4n) is 4.59. The Morgan fingerprint density at radius 2 is 1.07 bits per heavy atom. The Kier molecular flexibility index (Phi) is 19.3.